The highest BCUT2D eigenvalue weighted by atomic mass is 16.5. The van der Waals surface area contributed by atoms with Crippen LogP contribution in [-0.2, 0) is 5.41 Å². The van der Waals surface area contributed by atoms with Crippen molar-refractivity contribution < 1.29 is 14.3 Å². The summed E-state index contributed by atoms with van der Waals surface area (Å²) in [4.78, 5) is 25.0. The van der Waals surface area contributed by atoms with Gasteiger partial charge in [0, 0.05) is 24.2 Å². The molecule has 0 saturated heterocycles. The average Bonchev–Trinajstić information content (AvgIpc) is 3.42. The van der Waals surface area contributed by atoms with Crippen LogP contribution in [0.2, 0.25) is 0 Å². The molecular formula is C21H22N2O3. The average molecular weight is 350 g/mol. The molecule has 2 N–H and O–H groups in total. The van der Waals surface area contributed by atoms with Crippen molar-refractivity contribution in [3.8, 4) is 5.75 Å². The maximum atomic E-state index is 12.6. The van der Waals surface area contributed by atoms with Gasteiger partial charge in [-0.15, -0.1) is 0 Å². The van der Waals surface area contributed by atoms with Crippen LogP contribution in [0.3, 0.4) is 0 Å². The van der Waals surface area contributed by atoms with Crippen LogP contribution in [0, 0.1) is 0 Å². The predicted octanol–water partition coefficient (Wildman–Crippen LogP) is 2.64. The Balaban J connectivity index is 1.84. The summed E-state index contributed by atoms with van der Waals surface area (Å²) in [5, 5.41) is 5.65. The van der Waals surface area contributed by atoms with E-state index in [0.29, 0.717) is 23.5 Å². The van der Waals surface area contributed by atoms with Gasteiger partial charge in [-0.2, -0.15) is 0 Å². The third-order valence-electron chi connectivity index (χ3n) is 5.25. The summed E-state index contributed by atoms with van der Waals surface area (Å²) in [6.07, 6.45) is 2.04. The van der Waals surface area contributed by atoms with E-state index in [4.69, 9.17) is 4.74 Å². The fourth-order valence-electron chi connectivity index (χ4n) is 3.46. The molecule has 1 unspecified atom stereocenters. The number of benzene rings is 2. The van der Waals surface area contributed by atoms with Gasteiger partial charge in [0.05, 0.1) is 11.0 Å². The minimum Gasteiger partial charge on any atom is -0.491 e. The number of nitrogens with one attached hydrogen (secondary N) is 2. The maximum Gasteiger partial charge on any atom is 0.254 e. The summed E-state index contributed by atoms with van der Waals surface area (Å²) in [5.41, 5.74) is 2.48. The minimum atomic E-state index is -0.408. The number of fused-ring (bicyclic) bond motifs is 1. The summed E-state index contributed by atoms with van der Waals surface area (Å²) < 4.78 is 5.96. The van der Waals surface area contributed by atoms with Gasteiger partial charge in [-0.3, -0.25) is 9.59 Å². The van der Waals surface area contributed by atoms with E-state index in [2.05, 4.69) is 29.7 Å². The van der Waals surface area contributed by atoms with Crippen LogP contribution in [-0.4, -0.2) is 31.5 Å². The summed E-state index contributed by atoms with van der Waals surface area (Å²) in [7, 11) is 1.58. The molecule has 1 fully saturated rings. The van der Waals surface area contributed by atoms with Crippen LogP contribution < -0.4 is 15.4 Å². The fourth-order valence-corrected chi connectivity index (χ4v) is 3.46. The van der Waals surface area contributed by atoms with Crippen molar-refractivity contribution in [3.05, 3.63) is 64.7 Å². The molecule has 0 bridgehead atoms. The van der Waals surface area contributed by atoms with Crippen LogP contribution >= 0.6 is 0 Å². The van der Waals surface area contributed by atoms with E-state index in [0.717, 1.165) is 24.0 Å². The van der Waals surface area contributed by atoms with Gasteiger partial charge in [0.25, 0.3) is 11.8 Å². The molecule has 2 amide bonds. The molecule has 1 saturated carbocycles. The van der Waals surface area contributed by atoms with Gasteiger partial charge in [-0.1, -0.05) is 30.3 Å². The molecule has 2 aromatic rings. The lowest BCUT2D eigenvalue weighted by Gasteiger charge is -2.24. The van der Waals surface area contributed by atoms with Gasteiger partial charge in [-0.25, -0.2) is 0 Å². The smallest absolute Gasteiger partial charge is 0.254 e. The molecule has 5 heteroatoms. The molecule has 2 aromatic carbocycles. The molecule has 0 radical (unpaired) electrons. The second-order valence-electron chi connectivity index (χ2n) is 7.21. The molecule has 1 heterocycles. The van der Waals surface area contributed by atoms with Gasteiger partial charge >= 0.3 is 0 Å². The predicted molar refractivity (Wildman–Crippen MR) is 98.7 cm³/mol. The number of hydrogen-bond acceptors (Lipinski definition) is 3. The van der Waals surface area contributed by atoms with Crippen molar-refractivity contribution in [3.63, 3.8) is 0 Å². The lowest BCUT2D eigenvalue weighted by Crippen LogP contribution is -2.28. The quantitative estimate of drug-likeness (QED) is 0.891. The van der Waals surface area contributed by atoms with Gasteiger partial charge in [0.15, 0.2) is 0 Å². The molecule has 1 atom stereocenters. The Morgan fingerprint density at radius 2 is 1.85 bits per heavy atom. The number of hydrogen-bond donors (Lipinski definition) is 2. The monoisotopic (exact) mass is 350 g/mol. The zero-order chi connectivity index (χ0) is 18.3. The Morgan fingerprint density at radius 1 is 1.12 bits per heavy atom. The van der Waals surface area contributed by atoms with E-state index < -0.39 is 5.41 Å². The molecule has 5 nitrogen and oxygen atoms in total. The van der Waals surface area contributed by atoms with E-state index in [9.17, 15) is 9.59 Å². The summed E-state index contributed by atoms with van der Waals surface area (Å²) >= 11 is 0. The van der Waals surface area contributed by atoms with Crippen molar-refractivity contribution in [2.45, 2.75) is 31.2 Å². The summed E-state index contributed by atoms with van der Waals surface area (Å²) in [5.74, 6) is 0.182. The Bertz CT molecular complexity index is 874. The summed E-state index contributed by atoms with van der Waals surface area (Å²) in [6.45, 7) is 2.52. The van der Waals surface area contributed by atoms with E-state index in [-0.39, 0.29) is 17.9 Å². The van der Waals surface area contributed by atoms with Crippen molar-refractivity contribution in [2.24, 2.45) is 0 Å². The van der Waals surface area contributed by atoms with Gasteiger partial charge < -0.3 is 15.4 Å². The maximum absolute atomic E-state index is 12.6. The molecule has 4 rings (SSSR count). The second kappa shape index (κ2) is 6.16. The van der Waals surface area contributed by atoms with Crippen molar-refractivity contribution >= 4 is 11.8 Å². The SMILES string of the molecule is CNC(=O)c1cc(C(=O)NC2CC2)cc2c1OCC2(C)c1ccccc1. The van der Waals surface area contributed by atoms with E-state index in [1.54, 1.807) is 13.1 Å². The largest absolute Gasteiger partial charge is 0.491 e. The molecule has 1 aliphatic heterocycles. The topological polar surface area (TPSA) is 67.4 Å². The highest BCUT2D eigenvalue weighted by Crippen LogP contribution is 2.45. The zero-order valence-corrected chi connectivity index (χ0v) is 15.0. The highest BCUT2D eigenvalue weighted by molar-refractivity contribution is 6.02. The number of amides is 2. The minimum absolute atomic E-state index is 0.136. The van der Waals surface area contributed by atoms with Gasteiger partial charge in [0.1, 0.15) is 12.4 Å². The van der Waals surface area contributed by atoms with E-state index in [1.807, 2.05) is 24.3 Å². The first kappa shape index (κ1) is 16.6. The lowest BCUT2D eigenvalue weighted by atomic mass is 9.77. The normalized spacial score (nSPS) is 20.8. The third kappa shape index (κ3) is 2.73. The number of ether oxygens (including phenoxy) is 1. The second-order valence-corrected chi connectivity index (χ2v) is 7.21. The Labute approximate surface area is 152 Å². The molecular weight excluding hydrogens is 328 g/mol. The fraction of sp³-hybridized carbons (Fsp3) is 0.333. The number of carbonyl (C=O) groups is 2. The van der Waals surface area contributed by atoms with Gasteiger partial charge in [0.2, 0.25) is 0 Å². The van der Waals surface area contributed by atoms with Crippen LogP contribution in [0.15, 0.2) is 42.5 Å². The zero-order valence-electron chi connectivity index (χ0n) is 15.0. The van der Waals surface area contributed by atoms with Crippen LogP contribution in [0.4, 0.5) is 0 Å². The van der Waals surface area contributed by atoms with E-state index >= 15 is 0 Å². The molecule has 1 aliphatic carbocycles. The molecule has 134 valence electrons. The standard InChI is InChI=1S/C21H22N2O3/c1-21(14-6-4-3-5-7-14)12-26-18-16(20(25)22-2)10-13(11-17(18)21)19(24)23-15-8-9-15/h3-7,10-11,15H,8-9,12H2,1-2H3,(H,22,25)(H,23,24). The molecule has 0 aromatic heterocycles. The van der Waals surface area contributed by atoms with Gasteiger partial charge in [-0.05, 0) is 37.5 Å². The Hall–Kier alpha value is -2.82. The van der Waals surface area contributed by atoms with Crippen LogP contribution in [0.25, 0.3) is 0 Å². The van der Waals surface area contributed by atoms with Crippen molar-refractivity contribution in [1.29, 1.82) is 0 Å². The van der Waals surface area contributed by atoms with Crippen LogP contribution in [0.1, 0.15) is 51.6 Å². The molecule has 26 heavy (non-hydrogen) atoms. The third-order valence-corrected chi connectivity index (χ3v) is 5.25. The van der Waals surface area contributed by atoms with Crippen molar-refractivity contribution in [1.82, 2.24) is 10.6 Å². The first-order chi connectivity index (χ1) is 12.5. The highest BCUT2D eigenvalue weighted by Gasteiger charge is 2.41. The first-order valence-electron chi connectivity index (χ1n) is 8.93. The Kier molecular flexibility index (Phi) is 3.94. The summed E-state index contributed by atoms with van der Waals surface area (Å²) in [6, 6.07) is 13.8. The molecule has 2 aliphatic rings. The van der Waals surface area contributed by atoms with Crippen molar-refractivity contribution in [2.75, 3.05) is 13.7 Å². The number of rotatable bonds is 4. The number of carbonyl (C=O) groups excluding carboxylic acids is 2. The lowest BCUT2D eigenvalue weighted by molar-refractivity contribution is 0.0951. The van der Waals surface area contributed by atoms with Crippen LogP contribution in [0.5, 0.6) is 5.75 Å². The Morgan fingerprint density at radius 3 is 2.50 bits per heavy atom. The molecule has 0 spiro atoms. The first-order valence-corrected chi connectivity index (χ1v) is 8.93. The van der Waals surface area contributed by atoms with E-state index in [1.165, 1.54) is 0 Å².